The lowest BCUT2D eigenvalue weighted by Gasteiger charge is -2.05. The molecule has 0 aliphatic heterocycles. The third kappa shape index (κ3) is 2.49. The fourth-order valence-corrected chi connectivity index (χ4v) is 1.57. The summed E-state index contributed by atoms with van der Waals surface area (Å²) < 4.78 is 11.3. The van der Waals surface area contributed by atoms with Crippen molar-refractivity contribution in [2.45, 2.75) is 6.92 Å². The maximum atomic E-state index is 11.4. The Morgan fingerprint density at radius 1 is 1.37 bits per heavy atom. The van der Waals surface area contributed by atoms with Crippen molar-refractivity contribution in [3.63, 3.8) is 0 Å². The number of benzene rings is 1. The fraction of sp³-hybridized carbons (Fsp3) is 0.250. The van der Waals surface area contributed by atoms with Gasteiger partial charge in [-0.2, -0.15) is 4.68 Å². The van der Waals surface area contributed by atoms with Crippen LogP contribution in [0.25, 0.3) is 5.69 Å². The molecule has 0 atom stereocenters. The monoisotopic (exact) mass is 262 g/mol. The lowest BCUT2D eigenvalue weighted by Crippen LogP contribution is -2.07. The number of esters is 1. The summed E-state index contributed by atoms with van der Waals surface area (Å²) in [5.74, 6) is 0.267. The van der Waals surface area contributed by atoms with Crippen LogP contribution in [0.2, 0.25) is 0 Å². The van der Waals surface area contributed by atoms with Crippen LogP contribution in [0.5, 0.6) is 5.75 Å². The van der Waals surface area contributed by atoms with Crippen molar-refractivity contribution in [1.29, 1.82) is 0 Å². The van der Waals surface area contributed by atoms with Gasteiger partial charge in [-0.15, -0.1) is 5.10 Å². The van der Waals surface area contributed by atoms with Crippen molar-refractivity contribution in [2.75, 3.05) is 19.5 Å². The lowest BCUT2D eigenvalue weighted by molar-refractivity contribution is 0.0595. The first-order valence-corrected chi connectivity index (χ1v) is 5.70. The van der Waals surface area contributed by atoms with E-state index in [2.05, 4.69) is 15.0 Å². The minimum absolute atomic E-state index is 0.00335. The molecule has 1 heterocycles. The molecule has 0 aliphatic carbocycles. The van der Waals surface area contributed by atoms with E-state index in [0.29, 0.717) is 12.3 Å². The van der Waals surface area contributed by atoms with E-state index in [1.807, 2.05) is 6.92 Å². The van der Waals surface area contributed by atoms with Crippen molar-refractivity contribution in [1.82, 2.24) is 15.0 Å². The van der Waals surface area contributed by atoms with Gasteiger partial charge in [-0.25, -0.2) is 4.79 Å². The molecule has 2 N–H and O–H groups in total. The van der Waals surface area contributed by atoms with Crippen molar-refractivity contribution in [3.8, 4) is 11.4 Å². The predicted octanol–water partition coefficient (Wildman–Crippen LogP) is 1.03. The molecule has 2 aromatic rings. The molecule has 0 spiro atoms. The van der Waals surface area contributed by atoms with Gasteiger partial charge in [-0.3, -0.25) is 0 Å². The van der Waals surface area contributed by atoms with Crippen LogP contribution in [0.1, 0.15) is 17.4 Å². The van der Waals surface area contributed by atoms with Gasteiger partial charge in [0.25, 0.3) is 0 Å². The second-order valence-electron chi connectivity index (χ2n) is 3.65. The molecule has 0 unspecified atom stereocenters. The number of ether oxygens (including phenoxy) is 2. The lowest BCUT2D eigenvalue weighted by atomic mass is 10.3. The molecule has 7 heteroatoms. The average molecular weight is 262 g/mol. The van der Waals surface area contributed by atoms with Crippen LogP contribution in [-0.4, -0.2) is 34.7 Å². The zero-order chi connectivity index (χ0) is 13.8. The number of aromatic nitrogens is 3. The minimum atomic E-state index is -0.616. The van der Waals surface area contributed by atoms with E-state index in [-0.39, 0.29) is 11.5 Å². The van der Waals surface area contributed by atoms with Gasteiger partial charge >= 0.3 is 5.97 Å². The van der Waals surface area contributed by atoms with Crippen molar-refractivity contribution in [3.05, 3.63) is 30.0 Å². The maximum absolute atomic E-state index is 11.4. The summed E-state index contributed by atoms with van der Waals surface area (Å²) in [6.45, 7) is 2.50. The highest BCUT2D eigenvalue weighted by Crippen LogP contribution is 2.18. The molecular weight excluding hydrogens is 248 g/mol. The smallest absolute Gasteiger partial charge is 0.362 e. The Morgan fingerprint density at radius 2 is 2.05 bits per heavy atom. The standard InChI is InChI=1S/C12H14N4O3/c1-3-19-9-6-4-8(5-7-9)16-11(13)10(14-15-16)12(17)18-2/h4-7H,3,13H2,1-2H3. The number of hydrogen-bond donors (Lipinski definition) is 1. The molecular formula is C12H14N4O3. The Bertz CT molecular complexity index is 577. The zero-order valence-electron chi connectivity index (χ0n) is 10.7. The summed E-state index contributed by atoms with van der Waals surface area (Å²) in [5, 5.41) is 7.53. The van der Waals surface area contributed by atoms with Crippen molar-refractivity contribution in [2.24, 2.45) is 0 Å². The molecule has 1 aromatic carbocycles. The maximum Gasteiger partial charge on any atom is 0.362 e. The van der Waals surface area contributed by atoms with E-state index in [9.17, 15) is 4.79 Å². The number of carbonyl (C=O) groups excluding carboxylic acids is 1. The number of nitrogens with two attached hydrogens (primary N) is 1. The molecule has 19 heavy (non-hydrogen) atoms. The SMILES string of the molecule is CCOc1ccc(-n2nnc(C(=O)OC)c2N)cc1. The summed E-state index contributed by atoms with van der Waals surface area (Å²) in [7, 11) is 1.26. The summed E-state index contributed by atoms with van der Waals surface area (Å²) in [6, 6.07) is 7.13. The molecule has 0 saturated carbocycles. The Kier molecular flexibility index (Phi) is 3.65. The summed E-state index contributed by atoms with van der Waals surface area (Å²) >= 11 is 0. The fourth-order valence-electron chi connectivity index (χ4n) is 1.57. The summed E-state index contributed by atoms with van der Waals surface area (Å²) in [6.07, 6.45) is 0. The van der Waals surface area contributed by atoms with Gasteiger partial charge in [0.1, 0.15) is 5.75 Å². The van der Waals surface area contributed by atoms with Crippen LogP contribution in [-0.2, 0) is 4.74 Å². The molecule has 1 aromatic heterocycles. The zero-order valence-corrected chi connectivity index (χ0v) is 10.7. The minimum Gasteiger partial charge on any atom is -0.494 e. The number of hydrogen-bond acceptors (Lipinski definition) is 6. The molecule has 0 fully saturated rings. The number of methoxy groups -OCH3 is 1. The first kappa shape index (κ1) is 12.9. The number of nitrogen functional groups attached to an aromatic ring is 1. The molecule has 100 valence electrons. The van der Waals surface area contributed by atoms with E-state index >= 15 is 0 Å². The highest BCUT2D eigenvalue weighted by atomic mass is 16.5. The van der Waals surface area contributed by atoms with Gasteiger partial charge in [0.15, 0.2) is 5.82 Å². The molecule has 0 radical (unpaired) electrons. The summed E-state index contributed by atoms with van der Waals surface area (Å²) in [4.78, 5) is 11.4. The second kappa shape index (κ2) is 5.38. The van der Waals surface area contributed by atoms with Gasteiger partial charge in [-0.05, 0) is 31.2 Å². The van der Waals surface area contributed by atoms with E-state index < -0.39 is 5.97 Å². The number of carbonyl (C=O) groups is 1. The molecule has 7 nitrogen and oxygen atoms in total. The Labute approximate surface area is 109 Å². The van der Waals surface area contributed by atoms with E-state index in [1.165, 1.54) is 11.8 Å². The Balaban J connectivity index is 2.32. The molecule has 0 bridgehead atoms. The van der Waals surface area contributed by atoms with Gasteiger partial charge in [0.2, 0.25) is 5.69 Å². The largest absolute Gasteiger partial charge is 0.494 e. The van der Waals surface area contributed by atoms with Crippen LogP contribution in [0.4, 0.5) is 5.82 Å². The molecule has 2 rings (SSSR count). The quantitative estimate of drug-likeness (QED) is 0.827. The number of nitrogens with zero attached hydrogens (tertiary/aromatic N) is 3. The van der Waals surface area contributed by atoms with Gasteiger partial charge in [0.05, 0.1) is 19.4 Å². The highest BCUT2D eigenvalue weighted by molar-refractivity contribution is 5.92. The average Bonchev–Trinajstić information content (AvgIpc) is 2.81. The second-order valence-corrected chi connectivity index (χ2v) is 3.65. The summed E-state index contributed by atoms with van der Waals surface area (Å²) in [5.41, 5.74) is 6.49. The van der Waals surface area contributed by atoms with Crippen molar-refractivity contribution < 1.29 is 14.3 Å². The van der Waals surface area contributed by atoms with Crippen LogP contribution in [0, 0.1) is 0 Å². The van der Waals surface area contributed by atoms with E-state index in [1.54, 1.807) is 24.3 Å². The van der Waals surface area contributed by atoms with Gasteiger partial charge < -0.3 is 15.2 Å². The van der Waals surface area contributed by atoms with Gasteiger partial charge in [-0.1, -0.05) is 5.21 Å². The first-order chi connectivity index (χ1) is 9.17. The first-order valence-electron chi connectivity index (χ1n) is 5.70. The topological polar surface area (TPSA) is 92.3 Å². The normalized spacial score (nSPS) is 10.2. The van der Waals surface area contributed by atoms with E-state index in [4.69, 9.17) is 10.5 Å². The molecule has 0 aliphatic rings. The van der Waals surface area contributed by atoms with Gasteiger partial charge in [0, 0.05) is 0 Å². The molecule has 0 amide bonds. The molecule has 0 saturated heterocycles. The third-order valence-corrected chi connectivity index (χ3v) is 2.48. The van der Waals surface area contributed by atoms with Crippen LogP contribution >= 0.6 is 0 Å². The van der Waals surface area contributed by atoms with E-state index in [0.717, 1.165) is 5.75 Å². The number of anilines is 1. The third-order valence-electron chi connectivity index (χ3n) is 2.48. The number of rotatable bonds is 4. The Morgan fingerprint density at radius 3 is 2.63 bits per heavy atom. The van der Waals surface area contributed by atoms with Crippen molar-refractivity contribution >= 4 is 11.8 Å². The highest BCUT2D eigenvalue weighted by Gasteiger charge is 2.18. The predicted molar refractivity (Wildman–Crippen MR) is 68.3 cm³/mol. The Hall–Kier alpha value is -2.57. The van der Waals surface area contributed by atoms with Crippen LogP contribution in [0.15, 0.2) is 24.3 Å². The van der Waals surface area contributed by atoms with Crippen LogP contribution < -0.4 is 10.5 Å². The van der Waals surface area contributed by atoms with Crippen LogP contribution in [0.3, 0.4) is 0 Å².